The highest BCUT2D eigenvalue weighted by Gasteiger charge is 2.29. The van der Waals surface area contributed by atoms with Crippen LogP contribution in [0.4, 0.5) is 0 Å². The van der Waals surface area contributed by atoms with Gasteiger partial charge in [0.1, 0.15) is 5.56 Å². The lowest BCUT2D eigenvalue weighted by molar-refractivity contribution is -0.143. The van der Waals surface area contributed by atoms with E-state index in [9.17, 15) is 14.4 Å². The van der Waals surface area contributed by atoms with Crippen LogP contribution in [0.15, 0.2) is 16.9 Å². The first-order valence-electron chi connectivity index (χ1n) is 6.21. The van der Waals surface area contributed by atoms with Crippen molar-refractivity contribution < 1.29 is 14.7 Å². The number of piperidine rings is 1. The van der Waals surface area contributed by atoms with Gasteiger partial charge in [0.05, 0.1) is 5.92 Å². The predicted molar refractivity (Wildman–Crippen MR) is 68.1 cm³/mol. The van der Waals surface area contributed by atoms with E-state index < -0.39 is 23.4 Å². The van der Waals surface area contributed by atoms with Crippen LogP contribution in [-0.4, -0.2) is 40.0 Å². The number of aliphatic carboxylic acids is 1. The van der Waals surface area contributed by atoms with E-state index in [-0.39, 0.29) is 12.1 Å². The van der Waals surface area contributed by atoms with Crippen LogP contribution < -0.4 is 5.56 Å². The van der Waals surface area contributed by atoms with Crippen molar-refractivity contribution in [3.05, 3.63) is 33.7 Å². The molecule has 1 aliphatic heterocycles. The van der Waals surface area contributed by atoms with Gasteiger partial charge in [-0.1, -0.05) is 0 Å². The third kappa shape index (κ3) is 2.83. The van der Waals surface area contributed by atoms with Crippen LogP contribution >= 0.6 is 0 Å². The van der Waals surface area contributed by atoms with Crippen molar-refractivity contribution in [1.29, 1.82) is 0 Å². The Hall–Kier alpha value is -2.11. The number of hydrogen-bond donors (Lipinski definition) is 2. The number of carbonyl (C=O) groups excluding carboxylic acids is 1. The molecule has 1 aromatic rings. The van der Waals surface area contributed by atoms with E-state index in [1.807, 2.05) is 0 Å². The molecule has 1 fully saturated rings. The maximum atomic E-state index is 12.2. The Morgan fingerprint density at radius 2 is 2.16 bits per heavy atom. The van der Waals surface area contributed by atoms with Crippen LogP contribution in [0.1, 0.15) is 28.9 Å². The third-order valence-electron chi connectivity index (χ3n) is 3.34. The molecule has 1 amide bonds. The molecule has 1 saturated heterocycles. The van der Waals surface area contributed by atoms with Crippen molar-refractivity contribution in [3.8, 4) is 0 Å². The second kappa shape index (κ2) is 5.26. The maximum Gasteiger partial charge on any atom is 0.308 e. The average Bonchev–Trinajstić information content (AvgIpc) is 2.38. The van der Waals surface area contributed by atoms with Crippen molar-refractivity contribution >= 4 is 11.9 Å². The van der Waals surface area contributed by atoms with Gasteiger partial charge in [0, 0.05) is 18.8 Å². The van der Waals surface area contributed by atoms with Gasteiger partial charge in [-0.2, -0.15) is 0 Å². The van der Waals surface area contributed by atoms with E-state index in [1.165, 1.54) is 11.0 Å². The van der Waals surface area contributed by atoms with Gasteiger partial charge in [-0.05, 0) is 31.9 Å². The number of pyridine rings is 1. The van der Waals surface area contributed by atoms with Crippen LogP contribution in [0, 0.1) is 12.8 Å². The maximum absolute atomic E-state index is 12.2. The Bertz CT molecular complexity index is 564. The van der Waals surface area contributed by atoms with Crippen molar-refractivity contribution in [2.75, 3.05) is 13.1 Å². The fraction of sp³-hybridized carbons (Fsp3) is 0.462. The van der Waals surface area contributed by atoms with Crippen LogP contribution in [0.5, 0.6) is 0 Å². The summed E-state index contributed by atoms with van der Waals surface area (Å²) in [5.74, 6) is -1.83. The molecule has 1 atom stereocenters. The minimum absolute atomic E-state index is 0.0663. The molecule has 0 aliphatic carbocycles. The number of carboxylic acids is 1. The summed E-state index contributed by atoms with van der Waals surface area (Å²) in [5, 5.41) is 8.99. The summed E-state index contributed by atoms with van der Waals surface area (Å²) < 4.78 is 0. The minimum Gasteiger partial charge on any atom is -0.481 e. The molecular weight excluding hydrogens is 248 g/mol. The predicted octanol–water partition coefficient (Wildman–Crippen LogP) is 0.620. The highest BCUT2D eigenvalue weighted by atomic mass is 16.4. The number of H-pyrrole nitrogens is 1. The minimum atomic E-state index is -0.893. The molecular formula is C13H16N2O4. The highest BCUT2D eigenvalue weighted by molar-refractivity contribution is 5.94. The molecule has 2 N–H and O–H groups in total. The van der Waals surface area contributed by atoms with E-state index in [0.29, 0.717) is 25.1 Å². The number of aromatic amines is 1. The summed E-state index contributed by atoms with van der Waals surface area (Å²) in [7, 11) is 0. The zero-order valence-electron chi connectivity index (χ0n) is 10.7. The second-order valence-electron chi connectivity index (χ2n) is 4.81. The van der Waals surface area contributed by atoms with E-state index in [0.717, 1.165) is 0 Å². The summed E-state index contributed by atoms with van der Waals surface area (Å²) in [6, 6.07) is 3.15. The lowest BCUT2D eigenvalue weighted by Crippen LogP contribution is -2.43. The summed E-state index contributed by atoms with van der Waals surface area (Å²) in [6.07, 6.45) is 1.22. The Labute approximate surface area is 110 Å². The van der Waals surface area contributed by atoms with Crippen molar-refractivity contribution in [2.24, 2.45) is 5.92 Å². The van der Waals surface area contributed by atoms with Crippen LogP contribution in [0.2, 0.25) is 0 Å². The monoisotopic (exact) mass is 264 g/mol. The van der Waals surface area contributed by atoms with Gasteiger partial charge in [-0.15, -0.1) is 0 Å². The first-order valence-corrected chi connectivity index (χ1v) is 6.21. The molecule has 2 heterocycles. The van der Waals surface area contributed by atoms with E-state index in [4.69, 9.17) is 5.11 Å². The van der Waals surface area contributed by atoms with Gasteiger partial charge in [0.25, 0.3) is 11.5 Å². The van der Waals surface area contributed by atoms with Gasteiger partial charge < -0.3 is 15.0 Å². The second-order valence-corrected chi connectivity index (χ2v) is 4.81. The number of nitrogens with one attached hydrogen (secondary N) is 1. The van der Waals surface area contributed by atoms with Gasteiger partial charge in [-0.3, -0.25) is 14.4 Å². The Morgan fingerprint density at radius 1 is 1.42 bits per heavy atom. The number of aryl methyl sites for hydroxylation is 1. The van der Waals surface area contributed by atoms with E-state index in [2.05, 4.69) is 4.98 Å². The fourth-order valence-electron chi connectivity index (χ4n) is 2.27. The highest BCUT2D eigenvalue weighted by Crippen LogP contribution is 2.18. The SMILES string of the molecule is Cc1ccc(C(=O)N2CCC[C@@H](C(=O)O)C2)c(=O)[nH]1. The normalized spacial score (nSPS) is 19.2. The molecule has 0 saturated carbocycles. The molecule has 0 unspecified atom stereocenters. The largest absolute Gasteiger partial charge is 0.481 e. The Kier molecular flexibility index (Phi) is 3.69. The fourth-order valence-corrected chi connectivity index (χ4v) is 2.27. The number of aromatic nitrogens is 1. The van der Waals surface area contributed by atoms with Crippen LogP contribution in [-0.2, 0) is 4.79 Å². The lowest BCUT2D eigenvalue weighted by Gasteiger charge is -2.30. The molecule has 0 aromatic carbocycles. The van der Waals surface area contributed by atoms with Crippen molar-refractivity contribution in [1.82, 2.24) is 9.88 Å². The summed E-state index contributed by atoms with van der Waals surface area (Å²) >= 11 is 0. The zero-order valence-corrected chi connectivity index (χ0v) is 10.7. The van der Waals surface area contributed by atoms with Gasteiger partial charge >= 0.3 is 5.97 Å². The zero-order chi connectivity index (χ0) is 14.0. The number of rotatable bonds is 2. The first-order chi connectivity index (χ1) is 8.99. The quantitative estimate of drug-likeness (QED) is 0.819. The van der Waals surface area contributed by atoms with Crippen molar-refractivity contribution in [2.45, 2.75) is 19.8 Å². The molecule has 6 heteroatoms. The average molecular weight is 264 g/mol. The van der Waals surface area contributed by atoms with Crippen molar-refractivity contribution in [3.63, 3.8) is 0 Å². The Morgan fingerprint density at radius 3 is 2.79 bits per heavy atom. The number of amides is 1. The molecule has 1 aliphatic rings. The molecule has 1 aromatic heterocycles. The smallest absolute Gasteiger partial charge is 0.308 e. The molecule has 2 rings (SSSR count). The van der Waals surface area contributed by atoms with Crippen LogP contribution in [0.3, 0.4) is 0 Å². The number of likely N-dealkylation sites (tertiary alicyclic amines) is 1. The topological polar surface area (TPSA) is 90.5 Å². The summed E-state index contributed by atoms with van der Waals surface area (Å²) in [5.41, 5.74) is 0.322. The van der Waals surface area contributed by atoms with Gasteiger partial charge in [-0.25, -0.2) is 0 Å². The third-order valence-corrected chi connectivity index (χ3v) is 3.34. The molecule has 102 valence electrons. The first kappa shape index (κ1) is 13.3. The molecule has 19 heavy (non-hydrogen) atoms. The van der Waals surface area contributed by atoms with Crippen LogP contribution in [0.25, 0.3) is 0 Å². The molecule has 6 nitrogen and oxygen atoms in total. The number of carboxylic acid groups (broad SMARTS) is 1. The number of carbonyl (C=O) groups is 2. The number of hydrogen-bond acceptors (Lipinski definition) is 3. The molecule has 0 spiro atoms. The van der Waals surface area contributed by atoms with E-state index in [1.54, 1.807) is 13.0 Å². The Balaban J connectivity index is 2.19. The standard InChI is InChI=1S/C13H16N2O4/c1-8-4-5-10(11(16)14-8)12(17)15-6-2-3-9(7-15)13(18)19/h4-5,9H,2-3,6-7H2,1H3,(H,14,16)(H,18,19)/t9-/m1/s1. The summed E-state index contributed by atoms with van der Waals surface area (Å²) in [6.45, 7) is 2.40. The summed E-state index contributed by atoms with van der Waals surface area (Å²) in [4.78, 5) is 38.9. The van der Waals surface area contributed by atoms with Gasteiger partial charge in [0.2, 0.25) is 0 Å². The molecule has 0 radical (unpaired) electrons. The lowest BCUT2D eigenvalue weighted by atomic mass is 9.98. The van der Waals surface area contributed by atoms with Gasteiger partial charge in [0.15, 0.2) is 0 Å². The number of nitrogens with zero attached hydrogens (tertiary/aromatic N) is 1. The van der Waals surface area contributed by atoms with E-state index >= 15 is 0 Å². The molecule has 0 bridgehead atoms.